The number of aliphatic hydroxyl groups is 1. The van der Waals surface area contributed by atoms with Gasteiger partial charge in [0.1, 0.15) is 5.60 Å². The minimum Gasteiger partial charge on any atom is -0.376 e. The molecule has 1 N–H and O–H groups in total. The number of aromatic nitrogens is 1. The van der Waals surface area contributed by atoms with Crippen LogP contribution in [0.4, 0.5) is 0 Å². The molecule has 1 unspecified atom stereocenters. The summed E-state index contributed by atoms with van der Waals surface area (Å²) in [6, 6.07) is 23.3. The SMILES string of the molecule is C/C(=C\N=CC(C)C)C1(O)c2ccc(C)c(c2)CCc2cccc(c2)-c2ccnc3ccc1cc23.CC. The third kappa shape index (κ3) is 5.28. The smallest absolute Gasteiger partial charge is 0.138 e. The maximum Gasteiger partial charge on any atom is 0.138 e. The predicted molar refractivity (Wildman–Crippen MR) is 157 cm³/mol. The van der Waals surface area contributed by atoms with Gasteiger partial charge in [0.25, 0.3) is 0 Å². The maximum atomic E-state index is 12.5. The third-order valence-corrected chi connectivity index (χ3v) is 7.07. The van der Waals surface area contributed by atoms with Crippen LogP contribution in [0.3, 0.4) is 0 Å². The Morgan fingerprint density at radius 3 is 2.51 bits per heavy atom. The van der Waals surface area contributed by atoms with Crippen molar-refractivity contribution in [2.24, 2.45) is 10.9 Å². The Kier molecular flexibility index (Phi) is 8.04. The topological polar surface area (TPSA) is 45.5 Å². The van der Waals surface area contributed by atoms with Crippen molar-refractivity contribution in [3.05, 3.63) is 113 Å². The van der Waals surface area contributed by atoms with Crippen LogP contribution >= 0.6 is 0 Å². The summed E-state index contributed by atoms with van der Waals surface area (Å²) in [7, 11) is 0. The second kappa shape index (κ2) is 11.2. The van der Waals surface area contributed by atoms with Crippen molar-refractivity contribution in [3.63, 3.8) is 0 Å². The highest BCUT2D eigenvalue weighted by Crippen LogP contribution is 2.40. The molecule has 5 rings (SSSR count). The summed E-state index contributed by atoms with van der Waals surface area (Å²) < 4.78 is 0. The molecule has 3 nitrogen and oxygen atoms in total. The van der Waals surface area contributed by atoms with E-state index in [0.29, 0.717) is 5.92 Å². The molecule has 6 bridgehead atoms. The molecule has 37 heavy (non-hydrogen) atoms. The molecule has 0 amide bonds. The van der Waals surface area contributed by atoms with Gasteiger partial charge in [-0.15, -0.1) is 0 Å². The normalized spacial score (nSPS) is 17.2. The molecule has 3 aromatic carbocycles. The van der Waals surface area contributed by atoms with Crippen LogP contribution in [0, 0.1) is 12.8 Å². The molecule has 0 saturated carbocycles. The van der Waals surface area contributed by atoms with Gasteiger partial charge in [-0.2, -0.15) is 0 Å². The first kappa shape index (κ1) is 26.5. The van der Waals surface area contributed by atoms with E-state index < -0.39 is 5.60 Å². The fourth-order valence-electron chi connectivity index (χ4n) is 5.00. The van der Waals surface area contributed by atoms with E-state index >= 15 is 0 Å². The fourth-order valence-corrected chi connectivity index (χ4v) is 5.00. The lowest BCUT2D eigenvalue weighted by atomic mass is 9.79. The first-order valence-corrected chi connectivity index (χ1v) is 13.4. The van der Waals surface area contributed by atoms with Gasteiger partial charge in [-0.3, -0.25) is 9.98 Å². The number of aryl methyl sites for hydroxylation is 3. The maximum absolute atomic E-state index is 12.5. The van der Waals surface area contributed by atoms with Gasteiger partial charge in [0.15, 0.2) is 0 Å². The van der Waals surface area contributed by atoms with E-state index in [9.17, 15) is 5.11 Å². The number of hydrogen-bond donors (Lipinski definition) is 1. The third-order valence-electron chi connectivity index (χ3n) is 7.07. The van der Waals surface area contributed by atoms with Crippen molar-refractivity contribution in [1.29, 1.82) is 0 Å². The molecule has 190 valence electrons. The molecule has 0 aliphatic heterocycles. The Labute approximate surface area is 221 Å². The quantitative estimate of drug-likeness (QED) is 0.294. The largest absolute Gasteiger partial charge is 0.376 e. The molecule has 1 aliphatic carbocycles. The molecule has 1 aromatic heterocycles. The second-order valence-corrected chi connectivity index (χ2v) is 10.00. The molecule has 3 heteroatoms. The van der Waals surface area contributed by atoms with Crippen LogP contribution in [0.2, 0.25) is 0 Å². The van der Waals surface area contributed by atoms with Gasteiger partial charge in [0.2, 0.25) is 0 Å². The Balaban J connectivity index is 0.00000156. The highest BCUT2D eigenvalue weighted by Gasteiger charge is 2.34. The summed E-state index contributed by atoms with van der Waals surface area (Å²) in [5, 5.41) is 13.5. The van der Waals surface area contributed by atoms with Crippen molar-refractivity contribution in [1.82, 2.24) is 4.98 Å². The van der Waals surface area contributed by atoms with Gasteiger partial charge in [-0.05, 0) is 95.3 Å². The monoisotopic (exact) mass is 490 g/mol. The summed E-state index contributed by atoms with van der Waals surface area (Å²) in [5.74, 6) is 0.337. The Bertz CT molecular complexity index is 1460. The van der Waals surface area contributed by atoms with Gasteiger partial charge in [-0.25, -0.2) is 0 Å². The van der Waals surface area contributed by atoms with E-state index in [1.165, 1.54) is 22.3 Å². The van der Waals surface area contributed by atoms with E-state index in [1.807, 2.05) is 45.3 Å². The standard InChI is InChI=1S/C32H32N2O.C2H6/c1-21(2)19-33-20-23(4)32(35)27-11-8-22(3)25(17-27)10-9-24-6-5-7-26(16-24)29-14-15-34-31-13-12-28(32)18-30(29)31;1-2/h5-8,11-21,35H,9-10H2,1-4H3;1-2H3/b23-20+,33-19?;. The molecular weight excluding hydrogens is 452 g/mol. The number of benzene rings is 3. The minimum absolute atomic E-state index is 0.337. The van der Waals surface area contributed by atoms with Crippen LogP contribution in [0.1, 0.15) is 62.4 Å². The lowest BCUT2D eigenvalue weighted by Crippen LogP contribution is -2.29. The Morgan fingerprint density at radius 2 is 1.73 bits per heavy atom. The summed E-state index contributed by atoms with van der Waals surface area (Å²) in [4.78, 5) is 9.15. The number of nitrogens with zero attached hydrogens (tertiary/aromatic N) is 2. The van der Waals surface area contributed by atoms with Gasteiger partial charge >= 0.3 is 0 Å². The van der Waals surface area contributed by atoms with Crippen molar-refractivity contribution < 1.29 is 5.11 Å². The van der Waals surface area contributed by atoms with Crippen LogP contribution in [0.15, 0.2) is 89.7 Å². The molecule has 1 atom stereocenters. The molecule has 1 aliphatic rings. The average molecular weight is 491 g/mol. The molecule has 0 fully saturated rings. The number of pyridine rings is 1. The first-order valence-electron chi connectivity index (χ1n) is 13.4. The highest BCUT2D eigenvalue weighted by molar-refractivity contribution is 5.95. The summed E-state index contributed by atoms with van der Waals surface area (Å²) >= 11 is 0. The van der Waals surface area contributed by atoms with Crippen molar-refractivity contribution in [2.75, 3.05) is 0 Å². The second-order valence-electron chi connectivity index (χ2n) is 10.00. The van der Waals surface area contributed by atoms with Crippen LogP contribution in [-0.4, -0.2) is 16.3 Å². The van der Waals surface area contributed by atoms with Crippen LogP contribution in [0.5, 0.6) is 0 Å². The minimum atomic E-state index is -1.31. The van der Waals surface area contributed by atoms with Gasteiger partial charge in [0, 0.05) is 24.0 Å². The van der Waals surface area contributed by atoms with E-state index in [0.717, 1.165) is 46.0 Å². The van der Waals surface area contributed by atoms with E-state index in [2.05, 4.69) is 85.3 Å². The zero-order valence-corrected chi connectivity index (χ0v) is 22.9. The molecular formula is C34H38N2O. The molecule has 0 radical (unpaired) electrons. The van der Waals surface area contributed by atoms with Gasteiger partial charge in [-0.1, -0.05) is 76.2 Å². The Hall–Kier alpha value is -3.56. The first-order chi connectivity index (χ1) is 17.9. The number of fused-ring (bicyclic) bond motifs is 6. The van der Waals surface area contributed by atoms with Crippen LogP contribution < -0.4 is 0 Å². The average Bonchev–Trinajstić information content (AvgIpc) is 2.92. The fraction of sp³-hybridized carbons (Fsp3) is 0.294. The lowest BCUT2D eigenvalue weighted by Gasteiger charge is -2.31. The van der Waals surface area contributed by atoms with Crippen LogP contribution in [-0.2, 0) is 18.4 Å². The highest BCUT2D eigenvalue weighted by atomic mass is 16.3. The molecule has 4 aromatic rings. The summed E-state index contributed by atoms with van der Waals surface area (Å²) in [6.45, 7) is 12.3. The van der Waals surface area contributed by atoms with Crippen LogP contribution in [0.25, 0.3) is 22.0 Å². The number of aliphatic imine (C=N–C) groups is 1. The lowest BCUT2D eigenvalue weighted by molar-refractivity contribution is 0.121. The van der Waals surface area contributed by atoms with E-state index in [-0.39, 0.29) is 0 Å². The summed E-state index contributed by atoms with van der Waals surface area (Å²) in [5.41, 5.74) is 8.17. The van der Waals surface area contributed by atoms with E-state index in [4.69, 9.17) is 0 Å². The summed E-state index contributed by atoms with van der Waals surface area (Å²) in [6.07, 6.45) is 7.43. The van der Waals surface area contributed by atoms with E-state index in [1.54, 1.807) is 6.20 Å². The predicted octanol–water partition coefficient (Wildman–Crippen LogP) is 8.20. The molecule has 0 spiro atoms. The Morgan fingerprint density at radius 1 is 0.973 bits per heavy atom. The zero-order chi connectivity index (χ0) is 26.6. The number of rotatable bonds is 3. The molecule has 1 heterocycles. The molecule has 0 saturated heterocycles. The van der Waals surface area contributed by atoms with Gasteiger partial charge in [0.05, 0.1) is 5.52 Å². The van der Waals surface area contributed by atoms with Crippen molar-refractivity contribution in [3.8, 4) is 11.1 Å². The van der Waals surface area contributed by atoms with Gasteiger partial charge < -0.3 is 5.11 Å². The van der Waals surface area contributed by atoms with Crippen molar-refractivity contribution in [2.45, 2.75) is 60.0 Å². The zero-order valence-electron chi connectivity index (χ0n) is 22.9. The van der Waals surface area contributed by atoms with Crippen molar-refractivity contribution >= 4 is 17.1 Å². The number of hydrogen-bond acceptors (Lipinski definition) is 3.